The fourth-order valence-electron chi connectivity index (χ4n) is 6.17. The molecule has 9 heteroatoms. The van der Waals surface area contributed by atoms with Crippen molar-refractivity contribution >= 4 is 27.5 Å². The molecule has 2 aliphatic carbocycles. The number of piperidine rings is 1. The van der Waals surface area contributed by atoms with Crippen LogP contribution >= 0.6 is 11.6 Å². The van der Waals surface area contributed by atoms with Gasteiger partial charge in [0.05, 0.1) is 16.7 Å². The number of piperazine rings is 1. The number of hydrogen-bond acceptors (Lipinski definition) is 5. The maximum atomic E-state index is 13.2. The van der Waals surface area contributed by atoms with Crippen LogP contribution in [0.1, 0.15) is 64.2 Å². The molecule has 0 aromatic heterocycles. The number of methoxy groups -OCH3 is 1. The van der Waals surface area contributed by atoms with Crippen molar-refractivity contribution in [2.24, 2.45) is 5.92 Å². The van der Waals surface area contributed by atoms with E-state index in [0.29, 0.717) is 51.2 Å². The summed E-state index contributed by atoms with van der Waals surface area (Å²) in [4.78, 5) is 17.7. The lowest BCUT2D eigenvalue weighted by atomic mass is 9.93. The van der Waals surface area contributed by atoms with Gasteiger partial charge in [-0.25, -0.2) is 12.7 Å². The Morgan fingerprint density at radius 1 is 0.875 bits per heavy atom. The number of rotatable bonds is 5. The van der Waals surface area contributed by atoms with E-state index >= 15 is 0 Å². The summed E-state index contributed by atoms with van der Waals surface area (Å²) in [7, 11) is -1.75. The number of nitrogens with zero attached hydrogens (tertiary/aromatic N) is 3. The van der Waals surface area contributed by atoms with Crippen LogP contribution in [0.5, 0.6) is 0 Å². The number of ether oxygens (including phenoxy) is 1. The minimum absolute atomic E-state index is 0.0484. The topological polar surface area (TPSA) is 70.2 Å². The molecule has 7 nitrogen and oxygen atoms in total. The molecule has 3 unspecified atom stereocenters. The SMILES string of the molecule is COC1CCC(S(=O)(=O)N2CCC(C(=O)N3CCN(C4CCCCC4)CC3)CC2)CC1Cl. The van der Waals surface area contributed by atoms with E-state index in [1.807, 2.05) is 4.90 Å². The van der Waals surface area contributed by atoms with Gasteiger partial charge >= 0.3 is 0 Å². The van der Waals surface area contributed by atoms with Gasteiger partial charge in [-0.1, -0.05) is 19.3 Å². The van der Waals surface area contributed by atoms with Gasteiger partial charge in [0.2, 0.25) is 15.9 Å². The zero-order valence-electron chi connectivity index (χ0n) is 19.5. The van der Waals surface area contributed by atoms with Crippen LogP contribution in [-0.4, -0.2) is 97.6 Å². The third kappa shape index (κ3) is 5.45. The zero-order valence-corrected chi connectivity index (χ0v) is 21.0. The maximum absolute atomic E-state index is 13.2. The molecule has 2 saturated heterocycles. The van der Waals surface area contributed by atoms with Crippen LogP contribution < -0.4 is 0 Å². The first kappa shape index (κ1) is 24.7. The Balaban J connectivity index is 1.24. The Hall–Kier alpha value is -0.410. The number of carbonyl (C=O) groups is 1. The van der Waals surface area contributed by atoms with E-state index in [9.17, 15) is 13.2 Å². The minimum atomic E-state index is -3.38. The molecule has 0 spiro atoms. The molecule has 0 aromatic rings. The predicted octanol–water partition coefficient (Wildman–Crippen LogP) is 2.68. The van der Waals surface area contributed by atoms with Gasteiger partial charge in [-0.15, -0.1) is 11.6 Å². The number of hydrogen-bond donors (Lipinski definition) is 0. The predicted molar refractivity (Wildman–Crippen MR) is 126 cm³/mol. The van der Waals surface area contributed by atoms with Crippen molar-refractivity contribution in [2.75, 3.05) is 46.4 Å². The van der Waals surface area contributed by atoms with E-state index < -0.39 is 15.3 Å². The van der Waals surface area contributed by atoms with E-state index in [2.05, 4.69) is 4.90 Å². The second-order valence-corrected chi connectivity index (χ2v) is 12.9. The average molecular weight is 490 g/mol. The quantitative estimate of drug-likeness (QED) is 0.555. The third-order valence-electron chi connectivity index (χ3n) is 8.27. The smallest absolute Gasteiger partial charge is 0.225 e. The second kappa shape index (κ2) is 10.9. The largest absolute Gasteiger partial charge is 0.380 e. The summed E-state index contributed by atoms with van der Waals surface area (Å²) >= 11 is 6.37. The molecule has 4 fully saturated rings. The first-order chi connectivity index (χ1) is 15.4. The van der Waals surface area contributed by atoms with E-state index in [0.717, 1.165) is 26.2 Å². The molecule has 0 bridgehead atoms. The van der Waals surface area contributed by atoms with Gasteiger partial charge in [-0.3, -0.25) is 9.69 Å². The zero-order chi connectivity index (χ0) is 22.7. The van der Waals surface area contributed by atoms with Crippen molar-refractivity contribution in [3.8, 4) is 0 Å². The fraction of sp³-hybridized carbons (Fsp3) is 0.957. The Morgan fingerprint density at radius 3 is 2.12 bits per heavy atom. The first-order valence-corrected chi connectivity index (χ1v) is 14.5. The van der Waals surface area contributed by atoms with Crippen molar-refractivity contribution in [2.45, 2.75) is 87.0 Å². The van der Waals surface area contributed by atoms with E-state index in [1.54, 1.807) is 11.4 Å². The van der Waals surface area contributed by atoms with Crippen LogP contribution in [-0.2, 0) is 19.6 Å². The highest BCUT2D eigenvalue weighted by Crippen LogP contribution is 2.33. The molecule has 4 aliphatic rings. The number of sulfonamides is 1. The monoisotopic (exact) mass is 489 g/mol. The Labute approximate surface area is 198 Å². The minimum Gasteiger partial charge on any atom is -0.380 e. The maximum Gasteiger partial charge on any atom is 0.225 e. The van der Waals surface area contributed by atoms with E-state index in [-0.39, 0.29) is 23.3 Å². The van der Waals surface area contributed by atoms with Crippen LogP contribution in [0.3, 0.4) is 0 Å². The van der Waals surface area contributed by atoms with Crippen molar-refractivity contribution in [1.82, 2.24) is 14.1 Å². The molecule has 0 aromatic carbocycles. The second-order valence-electron chi connectivity index (χ2n) is 10.1. The molecule has 32 heavy (non-hydrogen) atoms. The highest BCUT2D eigenvalue weighted by molar-refractivity contribution is 7.89. The Kier molecular flexibility index (Phi) is 8.41. The number of amides is 1. The van der Waals surface area contributed by atoms with Gasteiger partial charge in [0, 0.05) is 58.3 Å². The summed E-state index contributed by atoms with van der Waals surface area (Å²) in [5.74, 6) is 0.180. The lowest BCUT2D eigenvalue weighted by molar-refractivity contribution is -0.139. The van der Waals surface area contributed by atoms with Crippen molar-refractivity contribution in [3.63, 3.8) is 0 Å². The Bertz CT molecular complexity index is 730. The summed E-state index contributed by atoms with van der Waals surface area (Å²) in [5.41, 5.74) is 0. The molecule has 0 N–H and O–H groups in total. The average Bonchev–Trinajstić information content (AvgIpc) is 2.84. The van der Waals surface area contributed by atoms with Gasteiger partial charge < -0.3 is 9.64 Å². The molecule has 1 amide bonds. The van der Waals surface area contributed by atoms with Gasteiger partial charge in [0.1, 0.15) is 0 Å². The molecule has 184 valence electrons. The summed E-state index contributed by atoms with van der Waals surface area (Å²) < 4.78 is 33.3. The van der Waals surface area contributed by atoms with Crippen molar-refractivity contribution in [3.05, 3.63) is 0 Å². The standard InChI is InChI=1S/C23H40ClN3O4S/c1-31-22-8-7-20(17-21(22)24)32(29,30)27-11-9-18(10-12-27)23(28)26-15-13-25(14-16-26)19-5-3-2-4-6-19/h18-22H,2-17H2,1H3. The summed E-state index contributed by atoms with van der Waals surface area (Å²) in [5, 5.41) is -0.698. The van der Waals surface area contributed by atoms with Gasteiger partial charge in [0.25, 0.3) is 0 Å². The summed E-state index contributed by atoms with van der Waals surface area (Å²) in [6.07, 6.45) is 9.54. The van der Waals surface area contributed by atoms with Crippen LogP contribution in [0, 0.1) is 5.92 Å². The fourth-order valence-corrected chi connectivity index (χ4v) is 8.74. The van der Waals surface area contributed by atoms with Gasteiger partial charge in [-0.2, -0.15) is 0 Å². The van der Waals surface area contributed by atoms with Crippen LogP contribution in [0.15, 0.2) is 0 Å². The van der Waals surface area contributed by atoms with Crippen molar-refractivity contribution in [1.29, 1.82) is 0 Å². The number of carbonyl (C=O) groups excluding carboxylic acids is 1. The molecule has 3 atom stereocenters. The lowest BCUT2D eigenvalue weighted by Gasteiger charge is -2.42. The highest BCUT2D eigenvalue weighted by Gasteiger charge is 2.41. The van der Waals surface area contributed by atoms with Gasteiger partial charge in [-0.05, 0) is 44.9 Å². The lowest BCUT2D eigenvalue weighted by Crippen LogP contribution is -2.54. The molecule has 0 radical (unpaired) electrons. The molecule has 2 saturated carbocycles. The molecule has 2 aliphatic heterocycles. The van der Waals surface area contributed by atoms with Crippen molar-refractivity contribution < 1.29 is 17.9 Å². The van der Waals surface area contributed by atoms with Crippen LogP contribution in [0.25, 0.3) is 0 Å². The van der Waals surface area contributed by atoms with E-state index in [4.69, 9.17) is 16.3 Å². The Morgan fingerprint density at radius 2 is 1.53 bits per heavy atom. The summed E-state index contributed by atoms with van der Waals surface area (Å²) in [6.45, 7) is 4.47. The molecule has 2 heterocycles. The van der Waals surface area contributed by atoms with Crippen LogP contribution in [0.2, 0.25) is 0 Å². The highest BCUT2D eigenvalue weighted by atomic mass is 35.5. The first-order valence-electron chi connectivity index (χ1n) is 12.6. The number of alkyl halides is 1. The van der Waals surface area contributed by atoms with Crippen LogP contribution in [0.4, 0.5) is 0 Å². The number of halogens is 1. The van der Waals surface area contributed by atoms with Gasteiger partial charge in [0.15, 0.2) is 0 Å². The molecular formula is C23H40ClN3O4S. The third-order valence-corrected chi connectivity index (χ3v) is 11.1. The summed E-state index contributed by atoms with van der Waals surface area (Å²) in [6, 6.07) is 0.709. The molecule has 4 rings (SSSR count). The normalized spacial score (nSPS) is 32.8. The van der Waals surface area contributed by atoms with E-state index in [1.165, 1.54) is 32.1 Å². The molecular weight excluding hydrogens is 450 g/mol.